The third kappa shape index (κ3) is 4.05. The lowest BCUT2D eigenvalue weighted by Gasteiger charge is -2.10. The molecule has 1 heterocycles. The lowest BCUT2D eigenvalue weighted by atomic mass is 10.1. The Hall–Kier alpha value is -2.55. The van der Waals surface area contributed by atoms with Crippen molar-refractivity contribution in [1.29, 1.82) is 5.26 Å². The molecule has 0 radical (unpaired) electrons. The second-order valence-corrected chi connectivity index (χ2v) is 6.86. The number of nitriles is 1. The molecule has 0 spiro atoms. The highest BCUT2D eigenvalue weighted by Gasteiger charge is 2.10. The minimum absolute atomic E-state index is 0.212. The predicted molar refractivity (Wildman–Crippen MR) is 99.4 cm³/mol. The maximum atomic E-state index is 12.4. The summed E-state index contributed by atoms with van der Waals surface area (Å²) in [6, 6.07) is 18.6. The van der Waals surface area contributed by atoms with Gasteiger partial charge in [-0.2, -0.15) is 16.6 Å². The number of para-hydroxylation sites is 1. The zero-order valence-electron chi connectivity index (χ0n) is 12.7. The minimum Gasteiger partial charge on any atom is -0.321 e. The van der Waals surface area contributed by atoms with Crippen LogP contribution >= 0.6 is 23.1 Å². The van der Waals surface area contributed by atoms with E-state index in [0.29, 0.717) is 11.1 Å². The Labute approximate surface area is 149 Å². The van der Waals surface area contributed by atoms with Crippen LogP contribution in [-0.2, 0) is 5.75 Å². The number of amides is 1. The standard InChI is InChI=1S/C19H14N2OS2/c20-11-14-4-3-5-16(10-14)19(22)21-17-6-1-2-7-18(17)24-13-15-8-9-23-12-15/h1-10,12H,13H2,(H,21,22). The normalized spacial score (nSPS) is 10.1. The van der Waals surface area contributed by atoms with Crippen LogP contribution in [0.2, 0.25) is 0 Å². The van der Waals surface area contributed by atoms with Gasteiger partial charge in [-0.1, -0.05) is 18.2 Å². The number of carbonyl (C=O) groups is 1. The maximum Gasteiger partial charge on any atom is 0.255 e. The van der Waals surface area contributed by atoms with Crippen LogP contribution in [0.15, 0.2) is 70.3 Å². The van der Waals surface area contributed by atoms with Gasteiger partial charge in [0.2, 0.25) is 0 Å². The fourth-order valence-corrected chi connectivity index (χ4v) is 3.88. The third-order valence-electron chi connectivity index (χ3n) is 3.36. The van der Waals surface area contributed by atoms with E-state index in [9.17, 15) is 4.79 Å². The van der Waals surface area contributed by atoms with E-state index in [0.717, 1.165) is 16.3 Å². The second kappa shape index (κ2) is 7.82. The van der Waals surface area contributed by atoms with Gasteiger partial charge in [0, 0.05) is 16.2 Å². The number of benzene rings is 2. The summed E-state index contributed by atoms with van der Waals surface area (Å²) in [6.45, 7) is 0. The predicted octanol–water partition coefficient (Wildman–Crippen LogP) is 5.16. The van der Waals surface area contributed by atoms with Crippen LogP contribution < -0.4 is 5.32 Å². The largest absolute Gasteiger partial charge is 0.321 e. The molecule has 5 heteroatoms. The van der Waals surface area contributed by atoms with Crippen LogP contribution in [-0.4, -0.2) is 5.91 Å². The topological polar surface area (TPSA) is 52.9 Å². The lowest BCUT2D eigenvalue weighted by Crippen LogP contribution is -2.12. The lowest BCUT2D eigenvalue weighted by molar-refractivity contribution is 0.102. The zero-order chi connectivity index (χ0) is 16.8. The van der Waals surface area contributed by atoms with E-state index in [1.807, 2.05) is 24.3 Å². The molecule has 0 unspecified atom stereocenters. The van der Waals surface area contributed by atoms with E-state index in [1.54, 1.807) is 47.4 Å². The summed E-state index contributed by atoms with van der Waals surface area (Å²) in [7, 11) is 0. The van der Waals surface area contributed by atoms with Crippen LogP contribution in [0.5, 0.6) is 0 Å². The Kier molecular flexibility index (Phi) is 5.32. The molecule has 1 aromatic heterocycles. The highest BCUT2D eigenvalue weighted by molar-refractivity contribution is 7.98. The SMILES string of the molecule is N#Cc1cccc(C(=O)Nc2ccccc2SCc2ccsc2)c1. The van der Waals surface area contributed by atoms with Crippen LogP contribution in [0.3, 0.4) is 0 Å². The summed E-state index contributed by atoms with van der Waals surface area (Å²) in [5.41, 5.74) is 3.01. The van der Waals surface area contributed by atoms with Crippen LogP contribution in [0, 0.1) is 11.3 Å². The number of thioether (sulfide) groups is 1. The molecular weight excluding hydrogens is 336 g/mol. The molecular formula is C19H14N2OS2. The van der Waals surface area contributed by atoms with Crippen molar-refractivity contribution in [2.45, 2.75) is 10.6 Å². The van der Waals surface area contributed by atoms with E-state index in [-0.39, 0.29) is 5.91 Å². The highest BCUT2D eigenvalue weighted by Crippen LogP contribution is 2.30. The first kappa shape index (κ1) is 16.3. The molecule has 2 aromatic carbocycles. The molecule has 0 aliphatic carbocycles. The van der Waals surface area contributed by atoms with Gasteiger partial charge >= 0.3 is 0 Å². The number of hydrogen-bond acceptors (Lipinski definition) is 4. The average molecular weight is 350 g/mol. The fourth-order valence-electron chi connectivity index (χ4n) is 2.16. The number of nitrogens with one attached hydrogen (secondary N) is 1. The van der Waals surface area contributed by atoms with Gasteiger partial charge < -0.3 is 5.32 Å². The van der Waals surface area contributed by atoms with E-state index in [1.165, 1.54) is 5.56 Å². The number of rotatable bonds is 5. The summed E-state index contributed by atoms with van der Waals surface area (Å²) < 4.78 is 0. The van der Waals surface area contributed by atoms with Crippen molar-refractivity contribution in [2.24, 2.45) is 0 Å². The van der Waals surface area contributed by atoms with Crippen molar-refractivity contribution in [3.05, 3.63) is 82.0 Å². The minimum atomic E-state index is -0.212. The number of hydrogen-bond donors (Lipinski definition) is 1. The van der Waals surface area contributed by atoms with Gasteiger partial charge in [0.1, 0.15) is 0 Å². The van der Waals surface area contributed by atoms with E-state index >= 15 is 0 Å². The van der Waals surface area contributed by atoms with Crippen molar-refractivity contribution in [2.75, 3.05) is 5.32 Å². The van der Waals surface area contributed by atoms with Crippen LogP contribution in [0.4, 0.5) is 5.69 Å². The molecule has 24 heavy (non-hydrogen) atoms. The van der Waals surface area contributed by atoms with E-state index < -0.39 is 0 Å². The van der Waals surface area contributed by atoms with Crippen LogP contribution in [0.25, 0.3) is 0 Å². The molecule has 0 bridgehead atoms. The van der Waals surface area contributed by atoms with Crippen molar-refractivity contribution in [3.63, 3.8) is 0 Å². The fraction of sp³-hybridized carbons (Fsp3) is 0.0526. The molecule has 0 fully saturated rings. The summed E-state index contributed by atoms with van der Waals surface area (Å²) in [6.07, 6.45) is 0. The summed E-state index contributed by atoms with van der Waals surface area (Å²) >= 11 is 3.37. The molecule has 118 valence electrons. The molecule has 1 N–H and O–H groups in total. The van der Waals surface area contributed by atoms with Gasteiger partial charge in [-0.25, -0.2) is 0 Å². The Balaban J connectivity index is 1.74. The molecule has 3 nitrogen and oxygen atoms in total. The highest BCUT2D eigenvalue weighted by atomic mass is 32.2. The quantitative estimate of drug-likeness (QED) is 0.646. The van der Waals surface area contributed by atoms with E-state index in [4.69, 9.17) is 5.26 Å². The molecule has 0 saturated carbocycles. The molecule has 0 aliphatic heterocycles. The molecule has 0 aliphatic rings. The second-order valence-electron chi connectivity index (χ2n) is 5.06. The third-order valence-corrected chi connectivity index (χ3v) is 5.24. The van der Waals surface area contributed by atoms with Crippen molar-refractivity contribution >= 4 is 34.7 Å². The first-order chi connectivity index (χ1) is 11.8. The number of carbonyl (C=O) groups excluding carboxylic acids is 1. The Morgan fingerprint density at radius 2 is 2.04 bits per heavy atom. The van der Waals surface area contributed by atoms with Gasteiger partial charge in [0.15, 0.2) is 0 Å². The van der Waals surface area contributed by atoms with Gasteiger partial charge in [0.25, 0.3) is 5.91 Å². The van der Waals surface area contributed by atoms with Gasteiger partial charge in [-0.15, -0.1) is 11.8 Å². The number of anilines is 1. The first-order valence-corrected chi connectivity index (χ1v) is 9.23. The smallest absolute Gasteiger partial charge is 0.255 e. The maximum absolute atomic E-state index is 12.4. The number of nitrogens with zero attached hydrogens (tertiary/aromatic N) is 1. The molecule has 3 rings (SSSR count). The monoisotopic (exact) mass is 350 g/mol. The summed E-state index contributed by atoms with van der Waals surface area (Å²) in [5, 5.41) is 16.1. The first-order valence-electron chi connectivity index (χ1n) is 7.30. The van der Waals surface area contributed by atoms with Gasteiger partial charge in [0.05, 0.1) is 17.3 Å². The Morgan fingerprint density at radius 1 is 1.17 bits per heavy atom. The van der Waals surface area contributed by atoms with E-state index in [2.05, 4.69) is 28.2 Å². The van der Waals surface area contributed by atoms with Crippen molar-refractivity contribution in [3.8, 4) is 6.07 Å². The van der Waals surface area contributed by atoms with Gasteiger partial charge in [-0.05, 0) is 52.7 Å². The summed E-state index contributed by atoms with van der Waals surface area (Å²) in [4.78, 5) is 13.5. The Morgan fingerprint density at radius 3 is 2.83 bits per heavy atom. The molecule has 1 amide bonds. The zero-order valence-corrected chi connectivity index (χ0v) is 14.4. The average Bonchev–Trinajstić information content (AvgIpc) is 3.14. The molecule has 0 saturated heterocycles. The van der Waals surface area contributed by atoms with Crippen LogP contribution in [0.1, 0.15) is 21.5 Å². The van der Waals surface area contributed by atoms with Crippen molar-refractivity contribution in [1.82, 2.24) is 0 Å². The van der Waals surface area contributed by atoms with Crippen molar-refractivity contribution < 1.29 is 4.79 Å². The number of thiophene rings is 1. The molecule has 0 atom stereocenters. The van der Waals surface area contributed by atoms with Gasteiger partial charge in [-0.3, -0.25) is 4.79 Å². The molecule has 3 aromatic rings. The summed E-state index contributed by atoms with van der Waals surface area (Å²) in [5.74, 6) is 0.649. The Bertz CT molecular complexity index is 882.